The molecule has 1 unspecified atom stereocenters. The summed E-state index contributed by atoms with van der Waals surface area (Å²) in [5, 5.41) is -0.408. The van der Waals surface area contributed by atoms with Gasteiger partial charge in [0.1, 0.15) is 5.37 Å². The third kappa shape index (κ3) is 2.74. The van der Waals surface area contributed by atoms with E-state index in [0.29, 0.717) is 12.3 Å². The zero-order valence-corrected chi connectivity index (χ0v) is 13.9. The molecule has 3 rings (SSSR count). The van der Waals surface area contributed by atoms with Crippen molar-refractivity contribution in [3.05, 3.63) is 35.4 Å². The fourth-order valence-corrected chi connectivity index (χ4v) is 6.56. The molecule has 1 aromatic rings. The Morgan fingerprint density at radius 2 is 1.95 bits per heavy atom. The molecule has 1 heterocycles. The minimum Gasteiger partial charge on any atom is -0.329 e. The molecule has 0 bridgehead atoms. The first-order chi connectivity index (χ1) is 9.96. The first kappa shape index (κ1) is 15.3. The lowest BCUT2D eigenvalue weighted by atomic mass is 9.93. The van der Waals surface area contributed by atoms with E-state index in [1.54, 1.807) is 11.8 Å². The predicted molar refractivity (Wildman–Crippen MR) is 88.3 cm³/mol. The Bertz CT molecular complexity index is 605. The van der Waals surface area contributed by atoms with E-state index in [1.807, 2.05) is 12.1 Å². The van der Waals surface area contributed by atoms with Crippen LogP contribution in [0.4, 0.5) is 0 Å². The fraction of sp³-hybridized carbons (Fsp3) is 0.600. The summed E-state index contributed by atoms with van der Waals surface area (Å²) in [5.74, 6) is 1.63. The molecule has 0 aromatic heterocycles. The second kappa shape index (κ2) is 5.57. The van der Waals surface area contributed by atoms with Gasteiger partial charge >= 0.3 is 0 Å². The van der Waals surface area contributed by atoms with Crippen molar-refractivity contribution in [1.29, 1.82) is 0 Å². The highest BCUT2D eigenvalue weighted by Gasteiger charge is 2.47. The molecule has 1 aromatic carbocycles. The van der Waals surface area contributed by atoms with Gasteiger partial charge in [0.2, 0.25) is 0 Å². The molecule has 0 radical (unpaired) electrons. The number of fused-ring (bicyclic) bond motifs is 1. The number of hydrogen-bond donors (Lipinski definition) is 1. The molecular weight excluding hydrogens is 304 g/mol. The zero-order chi connectivity index (χ0) is 15.1. The van der Waals surface area contributed by atoms with Gasteiger partial charge in [0.15, 0.2) is 9.84 Å². The molecule has 0 amide bonds. The summed E-state index contributed by atoms with van der Waals surface area (Å²) in [6, 6.07) is 8.37. The number of benzene rings is 1. The molecule has 1 atom stereocenters. The molecule has 1 saturated heterocycles. The van der Waals surface area contributed by atoms with Gasteiger partial charge in [-0.25, -0.2) is 8.42 Å². The third-order valence-corrected chi connectivity index (χ3v) is 7.37. The fourth-order valence-electron chi connectivity index (χ4n) is 3.62. The molecule has 2 aliphatic rings. The van der Waals surface area contributed by atoms with Crippen molar-refractivity contribution in [2.75, 3.05) is 30.9 Å². The third-order valence-electron chi connectivity index (χ3n) is 4.73. The van der Waals surface area contributed by atoms with Crippen LogP contribution in [0.3, 0.4) is 0 Å². The number of hydrogen-bond acceptors (Lipinski definition) is 5. The van der Waals surface area contributed by atoms with E-state index in [9.17, 15) is 8.42 Å². The van der Waals surface area contributed by atoms with E-state index in [-0.39, 0.29) is 5.54 Å². The second-order valence-electron chi connectivity index (χ2n) is 6.10. The topological polar surface area (TPSA) is 63.4 Å². The maximum absolute atomic E-state index is 12.2. The van der Waals surface area contributed by atoms with Crippen LogP contribution in [-0.2, 0) is 22.7 Å². The van der Waals surface area contributed by atoms with Gasteiger partial charge in [0.25, 0.3) is 0 Å². The Balaban J connectivity index is 1.96. The highest BCUT2D eigenvalue weighted by Crippen LogP contribution is 2.38. The van der Waals surface area contributed by atoms with Crippen LogP contribution in [0, 0.1) is 0 Å². The quantitative estimate of drug-likeness (QED) is 0.894. The Kier molecular flexibility index (Phi) is 4.07. The maximum atomic E-state index is 12.2. The normalized spacial score (nSPS) is 25.7. The van der Waals surface area contributed by atoms with Gasteiger partial charge in [0.05, 0.1) is 0 Å². The average molecular weight is 326 g/mol. The number of sulfone groups is 1. The van der Waals surface area contributed by atoms with E-state index in [1.165, 1.54) is 17.4 Å². The Morgan fingerprint density at radius 1 is 1.33 bits per heavy atom. The van der Waals surface area contributed by atoms with Crippen molar-refractivity contribution in [2.45, 2.75) is 23.8 Å². The van der Waals surface area contributed by atoms with E-state index in [4.69, 9.17) is 5.73 Å². The number of rotatable bonds is 3. The van der Waals surface area contributed by atoms with Crippen molar-refractivity contribution in [3.63, 3.8) is 0 Å². The molecule has 1 fully saturated rings. The van der Waals surface area contributed by atoms with Crippen molar-refractivity contribution in [3.8, 4) is 0 Å². The average Bonchev–Trinajstić information content (AvgIpc) is 2.86. The minimum absolute atomic E-state index is 0.238. The van der Waals surface area contributed by atoms with Crippen LogP contribution in [-0.4, -0.2) is 55.1 Å². The van der Waals surface area contributed by atoms with Gasteiger partial charge in [-0.1, -0.05) is 24.3 Å². The number of nitrogens with two attached hydrogens (primary N) is 1. The maximum Gasteiger partial charge on any atom is 0.164 e. The Labute approximate surface area is 131 Å². The smallest absolute Gasteiger partial charge is 0.164 e. The van der Waals surface area contributed by atoms with Gasteiger partial charge < -0.3 is 5.73 Å². The largest absolute Gasteiger partial charge is 0.329 e. The lowest BCUT2D eigenvalue weighted by molar-refractivity contribution is 0.0980. The molecule has 1 aliphatic heterocycles. The first-order valence-electron chi connectivity index (χ1n) is 7.26. The summed E-state index contributed by atoms with van der Waals surface area (Å²) >= 11 is 1.72. The monoisotopic (exact) mass is 326 g/mol. The van der Waals surface area contributed by atoms with E-state index >= 15 is 0 Å². The lowest BCUT2D eigenvalue weighted by Crippen LogP contribution is -2.63. The van der Waals surface area contributed by atoms with Crippen LogP contribution in [0.1, 0.15) is 11.1 Å². The number of nitrogens with zero attached hydrogens (tertiary/aromatic N) is 1. The highest BCUT2D eigenvalue weighted by molar-refractivity contribution is 8.00. The SMILES string of the molecule is CS(=O)(=O)C1CSCCN1C1(CN)Cc2ccccc2C1. The van der Waals surface area contributed by atoms with Gasteiger partial charge in [-0.05, 0) is 24.0 Å². The molecule has 21 heavy (non-hydrogen) atoms. The van der Waals surface area contributed by atoms with Crippen LogP contribution < -0.4 is 5.73 Å². The standard InChI is InChI=1S/C15H22N2O2S2/c1-21(18,19)14-10-20-7-6-17(14)15(11-16)8-12-4-2-3-5-13(12)9-15/h2-5,14H,6-11,16H2,1H3. The van der Waals surface area contributed by atoms with Gasteiger partial charge in [0, 0.05) is 36.4 Å². The van der Waals surface area contributed by atoms with Crippen LogP contribution >= 0.6 is 11.8 Å². The second-order valence-corrected chi connectivity index (χ2v) is 9.46. The van der Waals surface area contributed by atoms with Gasteiger partial charge in [-0.15, -0.1) is 0 Å². The lowest BCUT2D eigenvalue weighted by Gasteiger charge is -2.46. The van der Waals surface area contributed by atoms with Crippen LogP contribution in [0.2, 0.25) is 0 Å². The molecule has 4 nitrogen and oxygen atoms in total. The molecular formula is C15H22N2O2S2. The first-order valence-corrected chi connectivity index (χ1v) is 10.4. The Hall–Kier alpha value is -0.560. The number of thioether (sulfide) groups is 1. The summed E-state index contributed by atoms with van der Waals surface area (Å²) in [6.07, 6.45) is 3.07. The molecule has 0 spiro atoms. The zero-order valence-electron chi connectivity index (χ0n) is 12.3. The van der Waals surface area contributed by atoms with Crippen molar-refractivity contribution in [2.24, 2.45) is 5.73 Å². The van der Waals surface area contributed by atoms with Crippen LogP contribution in [0.25, 0.3) is 0 Å². The molecule has 6 heteroatoms. The Morgan fingerprint density at radius 3 is 2.48 bits per heavy atom. The summed E-state index contributed by atoms with van der Waals surface area (Å²) < 4.78 is 24.4. The summed E-state index contributed by atoms with van der Waals surface area (Å²) in [6.45, 7) is 1.30. The van der Waals surface area contributed by atoms with Crippen molar-refractivity contribution < 1.29 is 8.42 Å². The molecule has 0 saturated carbocycles. The summed E-state index contributed by atoms with van der Waals surface area (Å²) in [7, 11) is -3.10. The highest BCUT2D eigenvalue weighted by atomic mass is 32.2. The predicted octanol–water partition coefficient (Wildman–Crippen LogP) is 0.902. The van der Waals surface area contributed by atoms with E-state index in [0.717, 1.165) is 25.1 Å². The molecule has 116 valence electrons. The molecule has 1 aliphatic carbocycles. The van der Waals surface area contributed by atoms with E-state index in [2.05, 4.69) is 17.0 Å². The van der Waals surface area contributed by atoms with E-state index < -0.39 is 15.2 Å². The van der Waals surface area contributed by atoms with Crippen molar-refractivity contribution >= 4 is 21.6 Å². The summed E-state index contributed by atoms with van der Waals surface area (Å²) in [5.41, 5.74) is 8.53. The molecule has 2 N–H and O–H groups in total. The summed E-state index contributed by atoms with van der Waals surface area (Å²) in [4.78, 5) is 2.18. The van der Waals surface area contributed by atoms with Gasteiger partial charge in [-0.2, -0.15) is 11.8 Å². The van der Waals surface area contributed by atoms with Crippen LogP contribution in [0.15, 0.2) is 24.3 Å². The minimum atomic E-state index is -3.10. The van der Waals surface area contributed by atoms with Crippen LogP contribution in [0.5, 0.6) is 0 Å². The van der Waals surface area contributed by atoms with Gasteiger partial charge in [-0.3, -0.25) is 4.90 Å². The van der Waals surface area contributed by atoms with Crippen molar-refractivity contribution in [1.82, 2.24) is 4.90 Å².